The van der Waals surface area contributed by atoms with Crippen LogP contribution in [0, 0.1) is 5.92 Å². The SMILES string of the molecule is CC(C)C(NC(=O)OCC1c2ccccc2-c2ccccc21)C(O)C(=O)O. The maximum Gasteiger partial charge on any atom is 0.407 e. The van der Waals surface area contributed by atoms with Crippen molar-refractivity contribution < 1.29 is 24.5 Å². The molecule has 0 bridgehead atoms. The molecule has 0 radical (unpaired) electrons. The Morgan fingerprint density at radius 1 is 1.04 bits per heavy atom. The van der Waals surface area contributed by atoms with E-state index in [1.54, 1.807) is 13.8 Å². The number of hydrogen-bond donors (Lipinski definition) is 3. The lowest BCUT2D eigenvalue weighted by molar-refractivity contribution is -0.148. The molecule has 0 aromatic heterocycles. The summed E-state index contributed by atoms with van der Waals surface area (Å²) in [6, 6.07) is 15.1. The van der Waals surface area contributed by atoms with Gasteiger partial charge in [-0.15, -0.1) is 0 Å². The highest BCUT2D eigenvalue weighted by molar-refractivity contribution is 5.79. The molecule has 6 nitrogen and oxygen atoms in total. The molecule has 6 heteroatoms. The molecule has 0 spiro atoms. The Balaban J connectivity index is 1.71. The van der Waals surface area contributed by atoms with Gasteiger partial charge >= 0.3 is 12.1 Å². The maximum absolute atomic E-state index is 12.2. The van der Waals surface area contributed by atoms with Gasteiger partial charge in [0, 0.05) is 5.92 Å². The molecule has 2 unspecified atom stereocenters. The first-order valence-corrected chi connectivity index (χ1v) is 8.92. The van der Waals surface area contributed by atoms with Crippen molar-refractivity contribution in [2.45, 2.75) is 31.9 Å². The number of fused-ring (bicyclic) bond motifs is 3. The molecule has 2 atom stereocenters. The van der Waals surface area contributed by atoms with E-state index in [4.69, 9.17) is 9.84 Å². The smallest absolute Gasteiger partial charge is 0.407 e. The molecular weight excluding hydrogens is 346 g/mol. The molecule has 3 N–H and O–H groups in total. The van der Waals surface area contributed by atoms with Crippen LogP contribution in [0.5, 0.6) is 0 Å². The van der Waals surface area contributed by atoms with Crippen molar-refractivity contribution in [1.29, 1.82) is 0 Å². The monoisotopic (exact) mass is 369 g/mol. The lowest BCUT2D eigenvalue weighted by atomic mass is 9.98. The average Bonchev–Trinajstić information content (AvgIpc) is 2.97. The predicted octanol–water partition coefficient (Wildman–Crippen LogP) is 3.00. The fraction of sp³-hybridized carbons (Fsp3) is 0.333. The summed E-state index contributed by atoms with van der Waals surface area (Å²) in [5.74, 6) is -1.73. The number of carbonyl (C=O) groups excluding carboxylic acids is 1. The number of aliphatic hydroxyl groups excluding tert-OH is 1. The topological polar surface area (TPSA) is 95.9 Å². The van der Waals surface area contributed by atoms with E-state index in [2.05, 4.69) is 5.32 Å². The number of carboxylic acids is 1. The van der Waals surface area contributed by atoms with E-state index >= 15 is 0 Å². The Labute approximate surface area is 157 Å². The van der Waals surface area contributed by atoms with Gasteiger partial charge in [0.2, 0.25) is 0 Å². The third-order valence-electron chi connectivity index (χ3n) is 4.94. The molecule has 3 rings (SSSR count). The molecule has 142 valence electrons. The average molecular weight is 369 g/mol. The van der Waals surface area contributed by atoms with E-state index in [0.29, 0.717) is 0 Å². The number of carbonyl (C=O) groups is 2. The number of aliphatic hydroxyl groups is 1. The molecule has 1 amide bonds. The first-order valence-electron chi connectivity index (χ1n) is 8.92. The van der Waals surface area contributed by atoms with Crippen molar-refractivity contribution in [1.82, 2.24) is 5.32 Å². The lowest BCUT2D eigenvalue weighted by Crippen LogP contribution is -2.50. The lowest BCUT2D eigenvalue weighted by Gasteiger charge is -2.25. The van der Waals surface area contributed by atoms with Crippen molar-refractivity contribution in [3.8, 4) is 11.1 Å². The number of nitrogens with one attached hydrogen (secondary N) is 1. The van der Waals surface area contributed by atoms with E-state index in [1.807, 2.05) is 48.5 Å². The molecule has 0 aliphatic heterocycles. The second-order valence-corrected chi connectivity index (χ2v) is 7.02. The molecule has 27 heavy (non-hydrogen) atoms. The summed E-state index contributed by atoms with van der Waals surface area (Å²) in [6.07, 6.45) is -2.43. The fourth-order valence-corrected chi connectivity index (χ4v) is 3.54. The molecule has 1 aliphatic carbocycles. The van der Waals surface area contributed by atoms with E-state index in [9.17, 15) is 14.7 Å². The highest BCUT2D eigenvalue weighted by Gasteiger charge is 2.32. The number of benzene rings is 2. The zero-order valence-corrected chi connectivity index (χ0v) is 15.3. The quantitative estimate of drug-likeness (QED) is 0.727. The number of aliphatic carboxylic acids is 1. The Morgan fingerprint density at radius 3 is 2.04 bits per heavy atom. The van der Waals surface area contributed by atoms with E-state index < -0.39 is 24.2 Å². The summed E-state index contributed by atoms with van der Waals surface area (Å²) in [6.45, 7) is 3.58. The van der Waals surface area contributed by atoms with Crippen molar-refractivity contribution in [3.05, 3.63) is 59.7 Å². The van der Waals surface area contributed by atoms with Gasteiger partial charge in [-0.2, -0.15) is 0 Å². The van der Waals surface area contributed by atoms with Crippen LogP contribution < -0.4 is 5.32 Å². The van der Waals surface area contributed by atoms with Crippen molar-refractivity contribution in [2.24, 2.45) is 5.92 Å². The molecule has 0 fully saturated rings. The van der Waals surface area contributed by atoms with Gasteiger partial charge in [-0.3, -0.25) is 0 Å². The molecule has 0 heterocycles. The van der Waals surface area contributed by atoms with Gasteiger partial charge in [-0.05, 0) is 28.2 Å². The Hall–Kier alpha value is -2.86. The second kappa shape index (κ2) is 7.80. The minimum Gasteiger partial charge on any atom is -0.479 e. The molecule has 0 saturated heterocycles. The van der Waals surface area contributed by atoms with Gasteiger partial charge in [0.25, 0.3) is 0 Å². The number of alkyl carbamates (subject to hydrolysis) is 1. The molecular formula is C21H23NO5. The summed E-state index contributed by atoms with van der Waals surface area (Å²) in [5, 5.41) is 21.2. The Bertz CT molecular complexity index is 802. The first kappa shape index (κ1) is 18.9. The first-order chi connectivity index (χ1) is 12.9. The highest BCUT2D eigenvalue weighted by atomic mass is 16.5. The fourth-order valence-electron chi connectivity index (χ4n) is 3.54. The Kier molecular flexibility index (Phi) is 5.46. The summed E-state index contributed by atoms with van der Waals surface area (Å²) < 4.78 is 5.40. The van der Waals surface area contributed by atoms with Crippen LogP contribution in [0.4, 0.5) is 4.79 Å². The van der Waals surface area contributed by atoms with Gasteiger partial charge in [-0.25, -0.2) is 9.59 Å². The zero-order chi connectivity index (χ0) is 19.6. The zero-order valence-electron chi connectivity index (χ0n) is 15.3. The van der Waals surface area contributed by atoms with E-state index in [0.717, 1.165) is 22.3 Å². The van der Waals surface area contributed by atoms with Crippen molar-refractivity contribution in [2.75, 3.05) is 6.61 Å². The largest absolute Gasteiger partial charge is 0.479 e. The van der Waals surface area contributed by atoms with Gasteiger partial charge in [0.15, 0.2) is 6.10 Å². The minimum atomic E-state index is -1.69. The standard InChI is InChI=1S/C21H23NO5/c1-12(2)18(19(23)20(24)25)22-21(26)27-11-17-15-9-5-3-7-13(15)14-8-4-6-10-16(14)17/h3-10,12,17-19,23H,11H2,1-2H3,(H,22,26)(H,24,25). The predicted molar refractivity (Wildman–Crippen MR) is 100 cm³/mol. The summed E-state index contributed by atoms with van der Waals surface area (Å²) in [4.78, 5) is 23.3. The number of rotatable bonds is 6. The van der Waals surface area contributed by atoms with Gasteiger partial charge < -0.3 is 20.3 Å². The van der Waals surface area contributed by atoms with Crippen LogP contribution in [0.15, 0.2) is 48.5 Å². The third kappa shape index (κ3) is 3.80. The molecule has 0 saturated carbocycles. The maximum atomic E-state index is 12.2. The summed E-state index contributed by atoms with van der Waals surface area (Å²) in [7, 11) is 0. The summed E-state index contributed by atoms with van der Waals surface area (Å²) >= 11 is 0. The van der Waals surface area contributed by atoms with Crippen LogP contribution >= 0.6 is 0 Å². The molecule has 2 aromatic carbocycles. The van der Waals surface area contributed by atoms with Crippen LogP contribution in [0.2, 0.25) is 0 Å². The van der Waals surface area contributed by atoms with Crippen LogP contribution in [-0.2, 0) is 9.53 Å². The number of ether oxygens (including phenoxy) is 1. The second-order valence-electron chi connectivity index (χ2n) is 7.02. The van der Waals surface area contributed by atoms with Gasteiger partial charge in [-0.1, -0.05) is 62.4 Å². The van der Waals surface area contributed by atoms with Gasteiger partial charge in [0.1, 0.15) is 6.61 Å². The normalized spacial score (nSPS) is 15.0. The van der Waals surface area contributed by atoms with Crippen LogP contribution in [-0.4, -0.2) is 41.0 Å². The number of carboxylic acid groups (broad SMARTS) is 1. The summed E-state index contributed by atoms with van der Waals surface area (Å²) in [5.41, 5.74) is 4.45. The van der Waals surface area contributed by atoms with E-state index in [-0.39, 0.29) is 18.4 Å². The van der Waals surface area contributed by atoms with Crippen LogP contribution in [0.1, 0.15) is 30.9 Å². The Morgan fingerprint density at radius 2 is 1.56 bits per heavy atom. The van der Waals surface area contributed by atoms with Crippen LogP contribution in [0.25, 0.3) is 11.1 Å². The van der Waals surface area contributed by atoms with Crippen LogP contribution in [0.3, 0.4) is 0 Å². The minimum absolute atomic E-state index is 0.0787. The number of amides is 1. The van der Waals surface area contributed by atoms with E-state index in [1.165, 1.54) is 0 Å². The number of hydrogen-bond acceptors (Lipinski definition) is 4. The van der Waals surface area contributed by atoms with Crippen molar-refractivity contribution >= 4 is 12.1 Å². The van der Waals surface area contributed by atoms with Gasteiger partial charge in [0.05, 0.1) is 6.04 Å². The van der Waals surface area contributed by atoms with Crippen molar-refractivity contribution in [3.63, 3.8) is 0 Å². The highest BCUT2D eigenvalue weighted by Crippen LogP contribution is 2.44. The third-order valence-corrected chi connectivity index (χ3v) is 4.94. The molecule has 2 aromatic rings. The molecule has 1 aliphatic rings.